The van der Waals surface area contributed by atoms with Gasteiger partial charge in [0.15, 0.2) is 0 Å². The standard InChI is InChI=1S/C14H17N3O2/c1-4-10-13(16-8-17-14(10)15)11-6-5-9(18-2)7-12(11)19-3/h5-8H,4H2,1-3H3,(H2,15,16,17). The van der Waals surface area contributed by atoms with Crippen molar-refractivity contribution in [3.8, 4) is 22.8 Å². The highest BCUT2D eigenvalue weighted by molar-refractivity contribution is 5.73. The molecule has 19 heavy (non-hydrogen) atoms. The third-order valence-electron chi connectivity index (χ3n) is 3.00. The molecule has 0 atom stereocenters. The lowest BCUT2D eigenvalue weighted by Crippen LogP contribution is -2.02. The van der Waals surface area contributed by atoms with E-state index in [-0.39, 0.29) is 0 Å². The van der Waals surface area contributed by atoms with Crippen LogP contribution in [0.25, 0.3) is 11.3 Å². The number of nitrogen functional groups attached to an aromatic ring is 1. The van der Waals surface area contributed by atoms with Crippen LogP contribution in [-0.4, -0.2) is 24.2 Å². The van der Waals surface area contributed by atoms with Crippen molar-refractivity contribution in [3.05, 3.63) is 30.1 Å². The van der Waals surface area contributed by atoms with E-state index < -0.39 is 0 Å². The van der Waals surface area contributed by atoms with Gasteiger partial charge in [-0.25, -0.2) is 9.97 Å². The number of nitrogens with two attached hydrogens (primary N) is 1. The SMILES string of the molecule is CCc1c(N)ncnc1-c1ccc(OC)cc1OC. The van der Waals surface area contributed by atoms with Gasteiger partial charge in [-0.3, -0.25) is 0 Å². The zero-order valence-corrected chi connectivity index (χ0v) is 11.3. The van der Waals surface area contributed by atoms with E-state index in [4.69, 9.17) is 15.2 Å². The Kier molecular flexibility index (Phi) is 3.85. The first-order valence-electron chi connectivity index (χ1n) is 6.03. The van der Waals surface area contributed by atoms with Crippen LogP contribution in [-0.2, 0) is 6.42 Å². The van der Waals surface area contributed by atoms with Gasteiger partial charge in [-0.2, -0.15) is 0 Å². The van der Waals surface area contributed by atoms with Gasteiger partial charge in [0.05, 0.1) is 19.9 Å². The Balaban J connectivity index is 2.61. The number of hydrogen-bond acceptors (Lipinski definition) is 5. The molecule has 2 rings (SSSR count). The maximum Gasteiger partial charge on any atom is 0.131 e. The molecule has 0 aliphatic rings. The van der Waals surface area contributed by atoms with Gasteiger partial charge in [0.2, 0.25) is 0 Å². The minimum atomic E-state index is 0.505. The summed E-state index contributed by atoms with van der Waals surface area (Å²) in [5.74, 6) is 1.94. The van der Waals surface area contributed by atoms with Crippen molar-refractivity contribution in [1.29, 1.82) is 0 Å². The van der Waals surface area contributed by atoms with Gasteiger partial charge < -0.3 is 15.2 Å². The fourth-order valence-electron chi connectivity index (χ4n) is 2.00. The highest BCUT2D eigenvalue weighted by Crippen LogP contribution is 2.34. The number of benzene rings is 1. The molecule has 5 nitrogen and oxygen atoms in total. The molecule has 0 aliphatic heterocycles. The van der Waals surface area contributed by atoms with Crippen molar-refractivity contribution in [2.45, 2.75) is 13.3 Å². The largest absolute Gasteiger partial charge is 0.497 e. The molecule has 2 N–H and O–H groups in total. The molecule has 0 spiro atoms. The molecule has 0 unspecified atom stereocenters. The zero-order valence-electron chi connectivity index (χ0n) is 11.3. The molecule has 5 heteroatoms. The van der Waals surface area contributed by atoms with E-state index in [1.165, 1.54) is 6.33 Å². The monoisotopic (exact) mass is 259 g/mol. The molecular weight excluding hydrogens is 242 g/mol. The van der Waals surface area contributed by atoms with Gasteiger partial charge >= 0.3 is 0 Å². The first kappa shape index (κ1) is 13.1. The number of nitrogens with zero attached hydrogens (tertiary/aromatic N) is 2. The number of anilines is 1. The van der Waals surface area contributed by atoms with Crippen LogP contribution >= 0.6 is 0 Å². The van der Waals surface area contributed by atoms with Crippen molar-refractivity contribution in [3.63, 3.8) is 0 Å². The smallest absolute Gasteiger partial charge is 0.131 e. The number of hydrogen-bond donors (Lipinski definition) is 1. The average molecular weight is 259 g/mol. The molecule has 1 aromatic heterocycles. The van der Waals surface area contributed by atoms with Crippen LogP contribution < -0.4 is 15.2 Å². The summed E-state index contributed by atoms with van der Waals surface area (Å²) in [7, 11) is 3.24. The topological polar surface area (TPSA) is 70.3 Å². The Morgan fingerprint density at radius 3 is 2.58 bits per heavy atom. The number of methoxy groups -OCH3 is 2. The van der Waals surface area contributed by atoms with Crippen molar-refractivity contribution < 1.29 is 9.47 Å². The molecule has 0 fully saturated rings. The second kappa shape index (κ2) is 5.56. The van der Waals surface area contributed by atoms with E-state index in [0.717, 1.165) is 29.0 Å². The Bertz CT molecular complexity index is 585. The molecular formula is C14H17N3O2. The van der Waals surface area contributed by atoms with Gasteiger partial charge in [0.25, 0.3) is 0 Å². The van der Waals surface area contributed by atoms with E-state index >= 15 is 0 Å². The molecule has 1 aromatic carbocycles. The molecule has 0 saturated heterocycles. The first-order valence-corrected chi connectivity index (χ1v) is 6.03. The summed E-state index contributed by atoms with van der Waals surface area (Å²) < 4.78 is 10.6. The number of ether oxygens (including phenoxy) is 2. The zero-order chi connectivity index (χ0) is 13.8. The maximum atomic E-state index is 5.90. The summed E-state index contributed by atoms with van der Waals surface area (Å²) in [6.07, 6.45) is 2.23. The van der Waals surface area contributed by atoms with Gasteiger partial charge in [-0.05, 0) is 18.6 Å². The van der Waals surface area contributed by atoms with Crippen molar-refractivity contribution in [1.82, 2.24) is 9.97 Å². The maximum absolute atomic E-state index is 5.90. The van der Waals surface area contributed by atoms with Gasteiger partial charge in [0.1, 0.15) is 23.6 Å². The Morgan fingerprint density at radius 1 is 1.16 bits per heavy atom. The van der Waals surface area contributed by atoms with E-state index in [9.17, 15) is 0 Å². The van der Waals surface area contributed by atoms with Crippen LogP contribution in [0.5, 0.6) is 11.5 Å². The minimum Gasteiger partial charge on any atom is -0.497 e. The molecule has 0 saturated carbocycles. The summed E-state index contributed by atoms with van der Waals surface area (Å²) in [6.45, 7) is 2.02. The summed E-state index contributed by atoms with van der Waals surface area (Å²) in [5, 5.41) is 0. The summed E-state index contributed by atoms with van der Waals surface area (Å²) in [6, 6.07) is 5.61. The van der Waals surface area contributed by atoms with Gasteiger partial charge in [-0.15, -0.1) is 0 Å². The number of rotatable bonds is 4. The predicted octanol–water partition coefficient (Wildman–Crippen LogP) is 2.31. The van der Waals surface area contributed by atoms with Crippen LogP contribution in [0.15, 0.2) is 24.5 Å². The summed E-state index contributed by atoms with van der Waals surface area (Å²) >= 11 is 0. The van der Waals surface area contributed by atoms with Crippen LogP contribution in [0.4, 0.5) is 5.82 Å². The third-order valence-corrected chi connectivity index (χ3v) is 3.00. The van der Waals surface area contributed by atoms with Crippen LogP contribution in [0, 0.1) is 0 Å². The Hall–Kier alpha value is -2.30. The van der Waals surface area contributed by atoms with Crippen molar-refractivity contribution >= 4 is 5.82 Å². The highest BCUT2D eigenvalue weighted by atomic mass is 16.5. The van der Waals surface area contributed by atoms with Crippen molar-refractivity contribution in [2.75, 3.05) is 20.0 Å². The second-order valence-electron chi connectivity index (χ2n) is 4.01. The lowest BCUT2D eigenvalue weighted by atomic mass is 10.0. The van der Waals surface area contributed by atoms with Crippen LogP contribution in [0.2, 0.25) is 0 Å². The molecule has 100 valence electrons. The van der Waals surface area contributed by atoms with E-state index in [1.54, 1.807) is 14.2 Å². The lowest BCUT2D eigenvalue weighted by molar-refractivity contribution is 0.395. The lowest BCUT2D eigenvalue weighted by Gasteiger charge is -2.13. The fraction of sp³-hybridized carbons (Fsp3) is 0.286. The van der Waals surface area contributed by atoms with Crippen LogP contribution in [0.1, 0.15) is 12.5 Å². The normalized spacial score (nSPS) is 10.3. The molecule has 0 amide bonds. The fourth-order valence-corrected chi connectivity index (χ4v) is 2.00. The van der Waals surface area contributed by atoms with Crippen molar-refractivity contribution in [2.24, 2.45) is 0 Å². The molecule has 2 aromatic rings. The van der Waals surface area contributed by atoms with E-state index in [0.29, 0.717) is 11.6 Å². The summed E-state index contributed by atoms with van der Waals surface area (Å²) in [5.41, 5.74) is 8.51. The number of aromatic nitrogens is 2. The Morgan fingerprint density at radius 2 is 1.95 bits per heavy atom. The van der Waals surface area contributed by atoms with E-state index in [1.807, 2.05) is 25.1 Å². The van der Waals surface area contributed by atoms with Crippen LogP contribution in [0.3, 0.4) is 0 Å². The molecule has 0 aliphatic carbocycles. The second-order valence-corrected chi connectivity index (χ2v) is 4.01. The van der Waals surface area contributed by atoms with E-state index in [2.05, 4.69) is 9.97 Å². The molecule has 0 radical (unpaired) electrons. The third kappa shape index (κ3) is 2.45. The van der Waals surface area contributed by atoms with Gasteiger partial charge in [-0.1, -0.05) is 6.92 Å². The highest BCUT2D eigenvalue weighted by Gasteiger charge is 2.14. The minimum absolute atomic E-state index is 0.505. The average Bonchev–Trinajstić information content (AvgIpc) is 2.46. The molecule has 1 heterocycles. The Labute approximate surface area is 112 Å². The van der Waals surface area contributed by atoms with Gasteiger partial charge in [0, 0.05) is 17.2 Å². The summed E-state index contributed by atoms with van der Waals surface area (Å²) in [4.78, 5) is 8.36. The molecule has 0 bridgehead atoms. The predicted molar refractivity (Wildman–Crippen MR) is 74.4 cm³/mol. The first-order chi connectivity index (χ1) is 9.21. The quantitative estimate of drug-likeness (QED) is 0.912.